The van der Waals surface area contributed by atoms with Crippen LogP contribution in [0.2, 0.25) is 0 Å². The Kier molecular flexibility index (Phi) is 7.26. The van der Waals surface area contributed by atoms with E-state index >= 15 is 0 Å². The van der Waals surface area contributed by atoms with Crippen LogP contribution in [0.15, 0.2) is 48.5 Å². The highest BCUT2D eigenvalue weighted by atomic mass is 32.1. The van der Waals surface area contributed by atoms with Crippen LogP contribution in [-0.4, -0.2) is 11.7 Å². The molecule has 0 saturated carbocycles. The van der Waals surface area contributed by atoms with Gasteiger partial charge in [-0.2, -0.15) is 0 Å². The van der Waals surface area contributed by atoms with E-state index in [-0.39, 0.29) is 6.04 Å². The van der Waals surface area contributed by atoms with Gasteiger partial charge >= 0.3 is 0 Å². The predicted molar refractivity (Wildman–Crippen MR) is 111 cm³/mol. The first-order chi connectivity index (χ1) is 12.0. The smallest absolute Gasteiger partial charge is 0.171 e. The summed E-state index contributed by atoms with van der Waals surface area (Å²) < 4.78 is 5.62. The van der Waals surface area contributed by atoms with E-state index in [2.05, 4.69) is 55.7 Å². The zero-order valence-electron chi connectivity index (χ0n) is 15.5. The Labute approximate surface area is 156 Å². The molecule has 25 heavy (non-hydrogen) atoms. The first-order valence-corrected chi connectivity index (χ1v) is 9.35. The molecule has 0 amide bonds. The van der Waals surface area contributed by atoms with Gasteiger partial charge in [0, 0.05) is 0 Å². The van der Waals surface area contributed by atoms with Crippen molar-refractivity contribution in [1.29, 1.82) is 0 Å². The fraction of sp³-hybridized carbons (Fsp3) is 0.381. The van der Waals surface area contributed by atoms with Crippen LogP contribution in [0.1, 0.15) is 57.2 Å². The molecule has 0 radical (unpaired) electrons. The molecule has 2 unspecified atom stereocenters. The second kappa shape index (κ2) is 9.42. The minimum atomic E-state index is 0.130. The van der Waals surface area contributed by atoms with Crippen LogP contribution in [-0.2, 0) is 0 Å². The molecule has 0 aliphatic heterocycles. The van der Waals surface area contributed by atoms with Crippen LogP contribution in [0.5, 0.6) is 5.75 Å². The van der Waals surface area contributed by atoms with Crippen molar-refractivity contribution in [1.82, 2.24) is 5.32 Å². The van der Waals surface area contributed by atoms with E-state index in [1.165, 1.54) is 11.1 Å². The molecule has 2 aromatic rings. The maximum absolute atomic E-state index is 5.62. The SMILES string of the molecule is CCOc1ccccc1NC(=S)NC(C)c1ccc(C(C)CC)cc1. The quantitative estimate of drug-likeness (QED) is 0.628. The molecule has 0 aromatic heterocycles. The van der Waals surface area contributed by atoms with Crippen molar-refractivity contribution in [2.75, 3.05) is 11.9 Å². The Balaban J connectivity index is 1.98. The van der Waals surface area contributed by atoms with Gasteiger partial charge in [0.05, 0.1) is 18.3 Å². The van der Waals surface area contributed by atoms with E-state index in [4.69, 9.17) is 17.0 Å². The standard InChI is InChI=1S/C21H28N2OS/c1-5-15(3)17-11-13-18(14-12-17)16(4)22-21(25)23-19-9-7-8-10-20(19)24-6-2/h7-16H,5-6H2,1-4H3,(H2,22,23,25). The van der Waals surface area contributed by atoms with Crippen molar-refractivity contribution >= 4 is 23.0 Å². The van der Waals surface area contributed by atoms with Crippen LogP contribution in [0.25, 0.3) is 0 Å². The molecule has 2 rings (SSSR count). The summed E-state index contributed by atoms with van der Waals surface area (Å²) in [7, 11) is 0. The molecule has 134 valence electrons. The summed E-state index contributed by atoms with van der Waals surface area (Å²) in [6.45, 7) is 9.18. The number of para-hydroxylation sites is 2. The molecular weight excluding hydrogens is 328 g/mol. The molecule has 0 heterocycles. The maximum atomic E-state index is 5.62. The third kappa shape index (κ3) is 5.46. The molecule has 3 nitrogen and oxygen atoms in total. The zero-order chi connectivity index (χ0) is 18.2. The van der Waals surface area contributed by atoms with Gasteiger partial charge in [0.2, 0.25) is 0 Å². The average Bonchev–Trinajstić information content (AvgIpc) is 2.63. The van der Waals surface area contributed by atoms with Crippen molar-refractivity contribution in [2.45, 2.75) is 46.1 Å². The Bertz CT molecular complexity index is 685. The largest absolute Gasteiger partial charge is 0.492 e. The van der Waals surface area contributed by atoms with E-state index in [1.807, 2.05) is 31.2 Å². The lowest BCUT2D eigenvalue weighted by atomic mass is 9.96. The molecule has 0 spiro atoms. The van der Waals surface area contributed by atoms with Crippen LogP contribution in [0.4, 0.5) is 5.69 Å². The number of anilines is 1. The fourth-order valence-electron chi connectivity index (χ4n) is 2.64. The monoisotopic (exact) mass is 356 g/mol. The fourth-order valence-corrected chi connectivity index (χ4v) is 2.93. The molecule has 2 atom stereocenters. The van der Waals surface area contributed by atoms with Gasteiger partial charge in [-0.05, 0) is 61.7 Å². The molecule has 2 aromatic carbocycles. The van der Waals surface area contributed by atoms with Gasteiger partial charge < -0.3 is 15.4 Å². The number of nitrogens with one attached hydrogen (secondary N) is 2. The van der Waals surface area contributed by atoms with Crippen LogP contribution >= 0.6 is 12.2 Å². The van der Waals surface area contributed by atoms with E-state index in [0.29, 0.717) is 17.6 Å². The van der Waals surface area contributed by atoms with Crippen LogP contribution in [0, 0.1) is 0 Å². The van der Waals surface area contributed by atoms with Gasteiger partial charge in [-0.3, -0.25) is 0 Å². The summed E-state index contributed by atoms with van der Waals surface area (Å²) in [4.78, 5) is 0. The van der Waals surface area contributed by atoms with Gasteiger partial charge in [-0.1, -0.05) is 50.2 Å². The highest BCUT2D eigenvalue weighted by molar-refractivity contribution is 7.80. The van der Waals surface area contributed by atoms with E-state index < -0.39 is 0 Å². The Hall–Kier alpha value is -2.07. The van der Waals surface area contributed by atoms with E-state index in [0.717, 1.165) is 17.9 Å². The van der Waals surface area contributed by atoms with Gasteiger partial charge in [-0.15, -0.1) is 0 Å². The summed E-state index contributed by atoms with van der Waals surface area (Å²) in [5, 5.41) is 7.16. The van der Waals surface area contributed by atoms with Crippen LogP contribution < -0.4 is 15.4 Å². The highest BCUT2D eigenvalue weighted by Gasteiger charge is 2.10. The van der Waals surface area contributed by atoms with Crippen molar-refractivity contribution in [3.8, 4) is 5.75 Å². The Morgan fingerprint density at radius 2 is 1.64 bits per heavy atom. The number of hydrogen-bond acceptors (Lipinski definition) is 2. The second-order valence-electron chi connectivity index (χ2n) is 6.23. The highest BCUT2D eigenvalue weighted by Crippen LogP contribution is 2.24. The van der Waals surface area contributed by atoms with Crippen LogP contribution in [0.3, 0.4) is 0 Å². The number of hydrogen-bond donors (Lipinski definition) is 2. The first-order valence-electron chi connectivity index (χ1n) is 8.94. The molecule has 0 saturated heterocycles. The van der Waals surface area contributed by atoms with Crippen molar-refractivity contribution in [2.24, 2.45) is 0 Å². The van der Waals surface area contributed by atoms with Gasteiger partial charge in [0.25, 0.3) is 0 Å². The zero-order valence-corrected chi connectivity index (χ0v) is 16.3. The third-order valence-electron chi connectivity index (χ3n) is 4.40. The average molecular weight is 357 g/mol. The maximum Gasteiger partial charge on any atom is 0.171 e. The summed E-state index contributed by atoms with van der Waals surface area (Å²) in [5.74, 6) is 1.40. The molecular formula is C21H28N2OS. The summed E-state index contributed by atoms with van der Waals surface area (Å²) in [6, 6.07) is 16.7. The minimum absolute atomic E-state index is 0.130. The molecule has 0 aliphatic rings. The van der Waals surface area contributed by atoms with Crippen molar-refractivity contribution < 1.29 is 4.74 Å². The lowest BCUT2D eigenvalue weighted by Gasteiger charge is -2.19. The number of ether oxygens (including phenoxy) is 1. The second-order valence-corrected chi connectivity index (χ2v) is 6.63. The summed E-state index contributed by atoms with van der Waals surface area (Å²) >= 11 is 5.46. The lowest BCUT2D eigenvalue weighted by Crippen LogP contribution is -2.31. The van der Waals surface area contributed by atoms with Crippen molar-refractivity contribution in [3.63, 3.8) is 0 Å². The Morgan fingerprint density at radius 1 is 1.00 bits per heavy atom. The van der Waals surface area contributed by atoms with Gasteiger partial charge in [-0.25, -0.2) is 0 Å². The molecule has 0 bridgehead atoms. The predicted octanol–water partition coefficient (Wildman–Crippen LogP) is 5.65. The number of benzene rings is 2. The topological polar surface area (TPSA) is 33.3 Å². The van der Waals surface area contributed by atoms with E-state index in [9.17, 15) is 0 Å². The van der Waals surface area contributed by atoms with Crippen molar-refractivity contribution in [3.05, 3.63) is 59.7 Å². The van der Waals surface area contributed by atoms with Gasteiger partial charge in [0.1, 0.15) is 5.75 Å². The number of thiocarbonyl (C=S) groups is 1. The Morgan fingerprint density at radius 3 is 2.28 bits per heavy atom. The minimum Gasteiger partial charge on any atom is -0.492 e. The molecule has 4 heteroatoms. The van der Waals surface area contributed by atoms with E-state index in [1.54, 1.807) is 0 Å². The lowest BCUT2D eigenvalue weighted by molar-refractivity contribution is 0.342. The normalized spacial score (nSPS) is 13.0. The number of rotatable bonds is 7. The molecule has 2 N–H and O–H groups in total. The molecule has 0 fully saturated rings. The molecule has 0 aliphatic carbocycles. The third-order valence-corrected chi connectivity index (χ3v) is 4.62. The summed E-state index contributed by atoms with van der Waals surface area (Å²) in [5.41, 5.74) is 3.47. The first kappa shape index (κ1) is 19.3. The van der Waals surface area contributed by atoms with Gasteiger partial charge in [0.15, 0.2) is 5.11 Å². The summed E-state index contributed by atoms with van der Waals surface area (Å²) in [6.07, 6.45) is 1.15.